The summed E-state index contributed by atoms with van der Waals surface area (Å²) in [4.78, 5) is 14.5. The minimum absolute atomic E-state index is 0.0258. The fourth-order valence-electron chi connectivity index (χ4n) is 3.26. The molecule has 0 bridgehead atoms. The zero-order chi connectivity index (χ0) is 21.5. The maximum atomic E-state index is 12.4. The third kappa shape index (κ3) is 5.76. The number of nitrogens with zero attached hydrogens (tertiary/aromatic N) is 3. The number of carbonyl (C=O) groups excluding carboxylic acids is 1. The first-order valence-corrected chi connectivity index (χ1v) is 10.4. The molecule has 0 radical (unpaired) electrons. The van der Waals surface area contributed by atoms with Crippen molar-refractivity contribution in [3.05, 3.63) is 71.1 Å². The Morgan fingerprint density at radius 1 is 1.07 bits per heavy atom. The molecule has 6 nitrogen and oxygen atoms in total. The summed E-state index contributed by atoms with van der Waals surface area (Å²) in [5.41, 5.74) is 4.56. The van der Waals surface area contributed by atoms with Crippen molar-refractivity contribution in [1.29, 1.82) is 0 Å². The summed E-state index contributed by atoms with van der Waals surface area (Å²) in [7, 11) is 4.05. The molecule has 1 heterocycles. The monoisotopic (exact) mass is 406 g/mol. The fraction of sp³-hybridized carbons (Fsp3) is 0.375. The minimum atomic E-state index is -0.0258. The molecule has 30 heavy (non-hydrogen) atoms. The first-order chi connectivity index (χ1) is 14.5. The molecule has 0 saturated carbocycles. The Morgan fingerprint density at radius 2 is 1.77 bits per heavy atom. The molecule has 1 aromatic heterocycles. The van der Waals surface area contributed by atoms with E-state index in [0.717, 1.165) is 12.0 Å². The highest BCUT2D eigenvalue weighted by molar-refractivity contribution is 5.76. The number of nitrogens with one attached hydrogen (secondary N) is 1. The van der Waals surface area contributed by atoms with Crippen LogP contribution < -0.4 is 5.32 Å². The van der Waals surface area contributed by atoms with Gasteiger partial charge in [0, 0.05) is 24.9 Å². The van der Waals surface area contributed by atoms with Crippen LogP contribution in [0, 0.1) is 6.92 Å². The number of rotatable bonds is 9. The van der Waals surface area contributed by atoms with Crippen LogP contribution in [0.5, 0.6) is 0 Å². The van der Waals surface area contributed by atoms with E-state index in [2.05, 4.69) is 51.6 Å². The molecule has 158 valence electrons. The molecule has 0 spiro atoms. The van der Waals surface area contributed by atoms with E-state index in [0.29, 0.717) is 31.2 Å². The van der Waals surface area contributed by atoms with Crippen LogP contribution in [0.25, 0.3) is 11.5 Å². The molecule has 1 atom stereocenters. The van der Waals surface area contributed by atoms with Gasteiger partial charge in [-0.3, -0.25) is 4.79 Å². The highest BCUT2D eigenvalue weighted by Gasteiger charge is 2.16. The Bertz CT molecular complexity index is 946. The van der Waals surface area contributed by atoms with Gasteiger partial charge < -0.3 is 14.6 Å². The number of carbonyl (C=O) groups is 1. The summed E-state index contributed by atoms with van der Waals surface area (Å²) >= 11 is 0. The van der Waals surface area contributed by atoms with E-state index in [1.54, 1.807) is 0 Å². The average Bonchev–Trinajstić information content (AvgIpc) is 3.22. The predicted molar refractivity (Wildman–Crippen MR) is 118 cm³/mol. The van der Waals surface area contributed by atoms with Crippen LogP contribution in [-0.4, -0.2) is 41.6 Å². The van der Waals surface area contributed by atoms with Crippen LogP contribution in [-0.2, 0) is 17.6 Å². The second-order valence-corrected chi connectivity index (χ2v) is 7.75. The van der Waals surface area contributed by atoms with E-state index >= 15 is 0 Å². The van der Waals surface area contributed by atoms with Crippen molar-refractivity contribution in [2.75, 3.05) is 20.6 Å². The first-order valence-electron chi connectivity index (χ1n) is 10.4. The standard InChI is InChI=1S/C24H30N4O2/c1-5-18-8-12-19(13-9-18)21(28(3)4)16-25-22(29)14-15-23-26-27-24(30-23)20-10-6-17(2)7-11-20/h6-13,21H,5,14-16H2,1-4H3,(H,25,29). The number of aryl methyl sites for hydroxylation is 3. The lowest BCUT2D eigenvalue weighted by Gasteiger charge is -2.25. The largest absolute Gasteiger partial charge is 0.421 e. The highest BCUT2D eigenvalue weighted by Crippen LogP contribution is 2.20. The number of aromatic nitrogens is 2. The van der Waals surface area contributed by atoms with Crippen LogP contribution in [0.1, 0.15) is 42.0 Å². The third-order valence-corrected chi connectivity index (χ3v) is 5.22. The van der Waals surface area contributed by atoms with Crippen molar-refractivity contribution < 1.29 is 9.21 Å². The van der Waals surface area contributed by atoms with Crippen LogP contribution >= 0.6 is 0 Å². The SMILES string of the molecule is CCc1ccc(C(CNC(=O)CCc2nnc(-c3ccc(C)cc3)o2)N(C)C)cc1. The molecule has 0 aliphatic carbocycles. The second kappa shape index (κ2) is 10.2. The van der Waals surface area contributed by atoms with Crippen molar-refractivity contribution in [3.8, 4) is 11.5 Å². The summed E-state index contributed by atoms with van der Waals surface area (Å²) in [5, 5.41) is 11.2. The molecule has 0 aliphatic rings. The van der Waals surface area contributed by atoms with Crippen LogP contribution in [0.2, 0.25) is 0 Å². The number of benzene rings is 2. The molecule has 0 saturated heterocycles. The Balaban J connectivity index is 1.51. The smallest absolute Gasteiger partial charge is 0.247 e. The normalized spacial score (nSPS) is 12.2. The van der Waals surface area contributed by atoms with E-state index in [1.807, 2.05) is 45.3 Å². The maximum Gasteiger partial charge on any atom is 0.247 e. The lowest BCUT2D eigenvalue weighted by Crippen LogP contribution is -2.34. The molecule has 1 amide bonds. The van der Waals surface area contributed by atoms with Crippen molar-refractivity contribution >= 4 is 5.91 Å². The lowest BCUT2D eigenvalue weighted by atomic mass is 10.0. The van der Waals surface area contributed by atoms with Crippen molar-refractivity contribution in [3.63, 3.8) is 0 Å². The summed E-state index contributed by atoms with van der Waals surface area (Å²) in [6.07, 6.45) is 1.75. The van der Waals surface area contributed by atoms with Crippen molar-refractivity contribution in [2.24, 2.45) is 0 Å². The minimum Gasteiger partial charge on any atom is -0.421 e. The second-order valence-electron chi connectivity index (χ2n) is 7.75. The topological polar surface area (TPSA) is 71.3 Å². The van der Waals surface area contributed by atoms with E-state index in [4.69, 9.17) is 4.42 Å². The van der Waals surface area contributed by atoms with Gasteiger partial charge in [-0.2, -0.15) is 0 Å². The van der Waals surface area contributed by atoms with Crippen molar-refractivity contribution in [1.82, 2.24) is 20.4 Å². The van der Waals surface area contributed by atoms with E-state index in [-0.39, 0.29) is 11.9 Å². The maximum absolute atomic E-state index is 12.4. The van der Waals surface area contributed by atoms with Gasteiger partial charge in [0.05, 0.1) is 6.04 Å². The van der Waals surface area contributed by atoms with E-state index in [1.165, 1.54) is 16.7 Å². The number of likely N-dealkylation sites (N-methyl/N-ethyl adjacent to an activating group) is 1. The van der Waals surface area contributed by atoms with Gasteiger partial charge in [0.2, 0.25) is 17.7 Å². The quantitative estimate of drug-likeness (QED) is 0.582. The molecule has 6 heteroatoms. The van der Waals surface area contributed by atoms with Crippen LogP contribution in [0.15, 0.2) is 52.9 Å². The Labute approximate surface area is 178 Å². The summed E-state index contributed by atoms with van der Waals surface area (Å²) < 4.78 is 5.70. The van der Waals surface area contributed by atoms with E-state index < -0.39 is 0 Å². The Hall–Kier alpha value is -2.99. The Morgan fingerprint density at radius 3 is 2.40 bits per heavy atom. The molecule has 3 aromatic rings. The predicted octanol–water partition coefficient (Wildman–Crippen LogP) is 3.96. The van der Waals surface area contributed by atoms with Crippen LogP contribution in [0.4, 0.5) is 0 Å². The third-order valence-electron chi connectivity index (χ3n) is 5.22. The van der Waals surface area contributed by atoms with Gasteiger partial charge in [-0.1, -0.05) is 48.9 Å². The molecule has 1 N–H and O–H groups in total. The van der Waals surface area contributed by atoms with E-state index in [9.17, 15) is 4.79 Å². The van der Waals surface area contributed by atoms with Gasteiger partial charge in [-0.05, 0) is 50.7 Å². The van der Waals surface area contributed by atoms with Gasteiger partial charge in [-0.15, -0.1) is 10.2 Å². The molecule has 2 aromatic carbocycles. The number of amides is 1. The molecular weight excluding hydrogens is 376 g/mol. The lowest BCUT2D eigenvalue weighted by molar-refractivity contribution is -0.121. The molecule has 1 unspecified atom stereocenters. The molecule has 3 rings (SSSR count). The van der Waals surface area contributed by atoms with Crippen LogP contribution in [0.3, 0.4) is 0 Å². The molecule has 0 fully saturated rings. The molecule has 0 aliphatic heterocycles. The fourth-order valence-corrected chi connectivity index (χ4v) is 3.26. The zero-order valence-corrected chi connectivity index (χ0v) is 18.2. The van der Waals surface area contributed by atoms with Gasteiger partial charge in [0.25, 0.3) is 0 Å². The first kappa shape index (κ1) is 21.7. The van der Waals surface area contributed by atoms with Crippen molar-refractivity contribution in [2.45, 2.75) is 39.2 Å². The summed E-state index contributed by atoms with van der Waals surface area (Å²) in [6, 6.07) is 16.6. The zero-order valence-electron chi connectivity index (χ0n) is 18.2. The average molecular weight is 407 g/mol. The Kier molecular flexibility index (Phi) is 7.36. The molecular formula is C24H30N4O2. The van der Waals surface area contributed by atoms with Gasteiger partial charge >= 0.3 is 0 Å². The van der Waals surface area contributed by atoms with Gasteiger partial charge in [0.1, 0.15) is 0 Å². The number of hydrogen-bond donors (Lipinski definition) is 1. The van der Waals surface area contributed by atoms with Gasteiger partial charge in [-0.25, -0.2) is 0 Å². The van der Waals surface area contributed by atoms with Gasteiger partial charge in [0.15, 0.2) is 0 Å². The summed E-state index contributed by atoms with van der Waals surface area (Å²) in [6.45, 7) is 4.73. The highest BCUT2D eigenvalue weighted by atomic mass is 16.4. The summed E-state index contributed by atoms with van der Waals surface area (Å²) in [5.74, 6) is 0.927. The number of hydrogen-bond acceptors (Lipinski definition) is 5.